The third-order valence-corrected chi connectivity index (χ3v) is 3.87. The van der Waals surface area contributed by atoms with Crippen molar-refractivity contribution >= 4 is 0 Å². The number of nitrogens with two attached hydrogens (primary N) is 1. The van der Waals surface area contributed by atoms with E-state index in [9.17, 15) is 0 Å². The average Bonchev–Trinajstić information content (AvgIpc) is 2.68. The smallest absolute Gasteiger partial charge is 0.121 e. The first kappa shape index (κ1) is 12.7. The summed E-state index contributed by atoms with van der Waals surface area (Å²) in [7, 11) is 4.27. The third kappa shape index (κ3) is 2.90. The molecule has 0 amide bonds. The van der Waals surface area contributed by atoms with Crippen LogP contribution in [0.1, 0.15) is 43.2 Å². The molecule has 3 nitrogen and oxygen atoms in total. The van der Waals surface area contributed by atoms with Crippen molar-refractivity contribution in [1.82, 2.24) is 4.90 Å². The normalized spacial score (nSPS) is 27.4. The van der Waals surface area contributed by atoms with Gasteiger partial charge in [-0.25, -0.2) is 0 Å². The molecule has 0 saturated heterocycles. The molecular weight excluding hydrogens is 212 g/mol. The van der Waals surface area contributed by atoms with E-state index in [-0.39, 0.29) is 0 Å². The van der Waals surface area contributed by atoms with Crippen molar-refractivity contribution in [3.05, 3.63) is 23.7 Å². The molecule has 0 spiro atoms. The van der Waals surface area contributed by atoms with Gasteiger partial charge in [0.15, 0.2) is 0 Å². The van der Waals surface area contributed by atoms with E-state index in [1.54, 1.807) is 0 Å². The van der Waals surface area contributed by atoms with Crippen LogP contribution in [0.25, 0.3) is 0 Å². The standard InChI is InChI=1S/C14H24N2O/c1-10-4-9-13(17-10)14(16(2)3)11-5-7-12(15)8-6-11/h4,9,11-12,14H,5-8,15H2,1-3H3. The van der Waals surface area contributed by atoms with Gasteiger partial charge in [-0.2, -0.15) is 0 Å². The Morgan fingerprint density at radius 3 is 2.35 bits per heavy atom. The summed E-state index contributed by atoms with van der Waals surface area (Å²) in [6, 6.07) is 4.98. The lowest BCUT2D eigenvalue weighted by Gasteiger charge is -2.35. The Bertz CT molecular complexity index is 351. The zero-order valence-corrected chi connectivity index (χ0v) is 11.1. The SMILES string of the molecule is Cc1ccc(C(C2CCC(N)CC2)N(C)C)o1. The molecule has 0 aliphatic heterocycles. The maximum atomic E-state index is 5.98. The number of hydrogen-bond acceptors (Lipinski definition) is 3. The van der Waals surface area contributed by atoms with E-state index in [1.807, 2.05) is 6.92 Å². The van der Waals surface area contributed by atoms with Gasteiger partial charge >= 0.3 is 0 Å². The zero-order valence-electron chi connectivity index (χ0n) is 11.1. The highest BCUT2D eigenvalue weighted by Gasteiger charge is 2.30. The Kier molecular flexibility index (Phi) is 3.89. The van der Waals surface area contributed by atoms with Gasteiger partial charge in [0, 0.05) is 6.04 Å². The predicted molar refractivity (Wildman–Crippen MR) is 69.8 cm³/mol. The Labute approximate surface area is 104 Å². The molecule has 1 heterocycles. The zero-order chi connectivity index (χ0) is 12.4. The van der Waals surface area contributed by atoms with E-state index in [4.69, 9.17) is 10.2 Å². The fourth-order valence-electron chi connectivity index (χ4n) is 2.98. The lowest BCUT2D eigenvalue weighted by Crippen LogP contribution is -2.33. The van der Waals surface area contributed by atoms with Crippen molar-refractivity contribution in [3.8, 4) is 0 Å². The molecule has 17 heavy (non-hydrogen) atoms. The highest BCUT2D eigenvalue weighted by atomic mass is 16.3. The van der Waals surface area contributed by atoms with E-state index in [0.29, 0.717) is 18.0 Å². The van der Waals surface area contributed by atoms with Crippen LogP contribution in [-0.2, 0) is 0 Å². The van der Waals surface area contributed by atoms with Crippen molar-refractivity contribution in [2.45, 2.75) is 44.7 Å². The number of hydrogen-bond donors (Lipinski definition) is 1. The van der Waals surface area contributed by atoms with Crippen molar-refractivity contribution in [2.24, 2.45) is 11.7 Å². The summed E-state index contributed by atoms with van der Waals surface area (Å²) in [5.74, 6) is 2.78. The third-order valence-electron chi connectivity index (χ3n) is 3.87. The quantitative estimate of drug-likeness (QED) is 0.877. The molecule has 1 saturated carbocycles. The van der Waals surface area contributed by atoms with Gasteiger partial charge in [0.25, 0.3) is 0 Å². The Balaban J connectivity index is 2.12. The van der Waals surface area contributed by atoms with Gasteiger partial charge < -0.3 is 10.2 Å². The highest BCUT2D eigenvalue weighted by molar-refractivity contribution is 5.11. The minimum absolute atomic E-state index is 0.399. The molecule has 1 aromatic rings. The lowest BCUT2D eigenvalue weighted by molar-refractivity contribution is 0.142. The molecule has 1 aliphatic rings. The van der Waals surface area contributed by atoms with Crippen LogP contribution in [-0.4, -0.2) is 25.0 Å². The van der Waals surface area contributed by atoms with Gasteiger partial charge in [-0.05, 0) is 64.8 Å². The van der Waals surface area contributed by atoms with Crippen molar-refractivity contribution in [2.75, 3.05) is 14.1 Å². The van der Waals surface area contributed by atoms with E-state index < -0.39 is 0 Å². The van der Waals surface area contributed by atoms with E-state index >= 15 is 0 Å². The minimum atomic E-state index is 0.399. The molecule has 0 radical (unpaired) electrons. The van der Waals surface area contributed by atoms with Crippen LogP contribution in [0, 0.1) is 12.8 Å². The van der Waals surface area contributed by atoms with Crippen LogP contribution in [0.4, 0.5) is 0 Å². The largest absolute Gasteiger partial charge is 0.465 e. The summed E-state index contributed by atoms with van der Waals surface area (Å²) in [5.41, 5.74) is 5.98. The number of aryl methyl sites for hydroxylation is 1. The first-order valence-corrected chi connectivity index (χ1v) is 6.56. The second kappa shape index (κ2) is 5.23. The van der Waals surface area contributed by atoms with E-state index in [2.05, 4.69) is 31.1 Å². The minimum Gasteiger partial charge on any atom is -0.465 e. The topological polar surface area (TPSA) is 42.4 Å². The van der Waals surface area contributed by atoms with Crippen LogP contribution in [0.3, 0.4) is 0 Å². The highest BCUT2D eigenvalue weighted by Crippen LogP contribution is 2.37. The molecule has 1 aliphatic carbocycles. The molecule has 0 aromatic carbocycles. The first-order valence-electron chi connectivity index (χ1n) is 6.56. The van der Waals surface area contributed by atoms with Gasteiger partial charge in [0.1, 0.15) is 11.5 Å². The summed E-state index contributed by atoms with van der Waals surface area (Å²) in [6.45, 7) is 2.01. The lowest BCUT2D eigenvalue weighted by atomic mass is 9.80. The van der Waals surface area contributed by atoms with Gasteiger partial charge in [0.05, 0.1) is 6.04 Å². The van der Waals surface area contributed by atoms with Crippen LogP contribution >= 0.6 is 0 Å². The summed E-state index contributed by atoms with van der Waals surface area (Å²) in [6.07, 6.45) is 4.72. The van der Waals surface area contributed by atoms with Crippen LogP contribution < -0.4 is 5.73 Å². The van der Waals surface area contributed by atoms with Crippen molar-refractivity contribution in [3.63, 3.8) is 0 Å². The second-order valence-corrected chi connectivity index (χ2v) is 5.53. The molecule has 96 valence electrons. The van der Waals surface area contributed by atoms with Crippen molar-refractivity contribution in [1.29, 1.82) is 0 Å². The van der Waals surface area contributed by atoms with Gasteiger partial charge in [-0.1, -0.05) is 0 Å². The van der Waals surface area contributed by atoms with Crippen LogP contribution in [0.2, 0.25) is 0 Å². The van der Waals surface area contributed by atoms with Crippen LogP contribution in [0.5, 0.6) is 0 Å². The number of nitrogens with zero attached hydrogens (tertiary/aromatic N) is 1. The Morgan fingerprint density at radius 1 is 1.24 bits per heavy atom. The van der Waals surface area contributed by atoms with Gasteiger partial charge in [-0.3, -0.25) is 4.90 Å². The molecule has 1 atom stereocenters. The van der Waals surface area contributed by atoms with E-state index in [1.165, 1.54) is 12.8 Å². The fourth-order valence-corrected chi connectivity index (χ4v) is 2.98. The van der Waals surface area contributed by atoms with Crippen LogP contribution in [0.15, 0.2) is 16.5 Å². The molecule has 2 N–H and O–H groups in total. The maximum Gasteiger partial charge on any atom is 0.121 e. The average molecular weight is 236 g/mol. The summed E-state index contributed by atoms with van der Waals surface area (Å²) in [5, 5.41) is 0. The summed E-state index contributed by atoms with van der Waals surface area (Å²) < 4.78 is 5.81. The molecule has 1 fully saturated rings. The Morgan fingerprint density at radius 2 is 1.88 bits per heavy atom. The maximum absolute atomic E-state index is 5.98. The molecule has 3 heteroatoms. The molecule has 1 unspecified atom stereocenters. The summed E-state index contributed by atoms with van der Waals surface area (Å²) >= 11 is 0. The van der Waals surface area contributed by atoms with Gasteiger partial charge in [0.2, 0.25) is 0 Å². The first-order chi connectivity index (χ1) is 8.08. The predicted octanol–water partition coefficient (Wildman–Crippen LogP) is 2.71. The number of furan rings is 1. The number of rotatable bonds is 3. The summed E-state index contributed by atoms with van der Waals surface area (Å²) in [4.78, 5) is 2.28. The Hall–Kier alpha value is -0.800. The fraction of sp³-hybridized carbons (Fsp3) is 0.714. The van der Waals surface area contributed by atoms with Crippen molar-refractivity contribution < 1.29 is 4.42 Å². The molecular formula is C14H24N2O. The molecule has 2 rings (SSSR count). The van der Waals surface area contributed by atoms with E-state index in [0.717, 1.165) is 24.4 Å². The molecule has 0 bridgehead atoms. The monoisotopic (exact) mass is 236 g/mol. The molecule has 1 aromatic heterocycles. The second-order valence-electron chi connectivity index (χ2n) is 5.53. The van der Waals surface area contributed by atoms with Gasteiger partial charge in [-0.15, -0.1) is 0 Å².